The fraction of sp³-hybridized carbons (Fsp3) is 0.381. The molecule has 0 saturated carbocycles. The first-order valence-electron chi connectivity index (χ1n) is 9.88. The molecule has 1 saturated heterocycles. The number of benzene rings is 2. The Morgan fingerprint density at radius 2 is 1.79 bits per heavy atom. The van der Waals surface area contributed by atoms with E-state index in [0.717, 1.165) is 6.07 Å². The summed E-state index contributed by atoms with van der Waals surface area (Å²) in [5.74, 6) is -2.81. The molecule has 0 radical (unpaired) electrons. The number of hydrogen-bond acceptors (Lipinski definition) is 4. The van der Waals surface area contributed by atoms with E-state index in [-0.39, 0.29) is 17.4 Å². The molecule has 0 unspecified atom stereocenters. The monoisotopic (exact) mass is 514 g/mol. The zero-order chi connectivity index (χ0) is 25.1. The first kappa shape index (κ1) is 25.9. The van der Waals surface area contributed by atoms with E-state index in [1.165, 1.54) is 30.3 Å². The number of hydrogen-bond donors (Lipinski definition) is 1. The summed E-state index contributed by atoms with van der Waals surface area (Å²) in [6.07, 6.45) is -11.4. The van der Waals surface area contributed by atoms with Gasteiger partial charge in [0.15, 0.2) is 0 Å². The number of carbonyl (C=O) groups excluding carboxylic acids is 1. The summed E-state index contributed by atoms with van der Waals surface area (Å²) in [4.78, 5) is 13.2. The van der Waals surface area contributed by atoms with Gasteiger partial charge in [-0.05, 0) is 36.2 Å². The maximum atomic E-state index is 14.5. The molecule has 1 N–H and O–H groups in total. The molecule has 13 heteroatoms. The van der Waals surface area contributed by atoms with Crippen LogP contribution in [0.4, 0.5) is 42.1 Å². The highest BCUT2D eigenvalue weighted by Gasteiger charge is 2.32. The van der Waals surface area contributed by atoms with E-state index in [0.29, 0.717) is 30.8 Å². The minimum Gasteiger partial charge on any atom is -0.406 e. The average Bonchev–Trinajstić information content (AvgIpc) is 2.95. The van der Waals surface area contributed by atoms with Gasteiger partial charge >= 0.3 is 12.5 Å². The van der Waals surface area contributed by atoms with Crippen LogP contribution in [0.2, 0.25) is 5.02 Å². The minimum atomic E-state index is -4.80. The Morgan fingerprint density at radius 3 is 2.38 bits per heavy atom. The molecule has 1 fully saturated rings. The van der Waals surface area contributed by atoms with E-state index in [2.05, 4.69) is 4.74 Å². The van der Waals surface area contributed by atoms with Crippen molar-refractivity contribution in [3.05, 3.63) is 52.8 Å². The van der Waals surface area contributed by atoms with E-state index in [1.807, 2.05) is 5.32 Å². The van der Waals surface area contributed by atoms with E-state index in [4.69, 9.17) is 16.3 Å². The third-order valence-corrected chi connectivity index (χ3v) is 5.14. The lowest BCUT2D eigenvalue weighted by molar-refractivity contribution is -0.274. The molecule has 186 valence electrons. The second kappa shape index (κ2) is 10.3. The number of alkyl halides is 6. The molecule has 34 heavy (non-hydrogen) atoms. The van der Waals surface area contributed by atoms with Crippen LogP contribution < -0.4 is 15.0 Å². The van der Waals surface area contributed by atoms with E-state index in [1.54, 1.807) is 4.90 Å². The van der Waals surface area contributed by atoms with Crippen molar-refractivity contribution in [3.63, 3.8) is 0 Å². The van der Waals surface area contributed by atoms with E-state index < -0.39 is 42.5 Å². The number of carbonyl (C=O) groups is 1. The van der Waals surface area contributed by atoms with Gasteiger partial charge in [0.2, 0.25) is 5.91 Å². The van der Waals surface area contributed by atoms with Crippen molar-refractivity contribution in [3.8, 4) is 5.75 Å². The molecule has 1 heterocycles. The predicted octanol–water partition coefficient (Wildman–Crippen LogP) is 6.24. The summed E-state index contributed by atoms with van der Waals surface area (Å²) < 4.78 is 98.1. The Bertz CT molecular complexity index is 990. The van der Waals surface area contributed by atoms with Crippen molar-refractivity contribution >= 4 is 28.9 Å². The van der Waals surface area contributed by atoms with Crippen LogP contribution in [0.3, 0.4) is 0 Å². The third kappa shape index (κ3) is 7.39. The summed E-state index contributed by atoms with van der Waals surface area (Å²) in [6.45, 7) is 0.886. The maximum Gasteiger partial charge on any atom is 0.573 e. The van der Waals surface area contributed by atoms with Crippen LogP contribution in [0.5, 0.6) is 5.75 Å². The molecule has 0 bridgehead atoms. The summed E-state index contributed by atoms with van der Waals surface area (Å²) in [7, 11) is 0. The Labute approximate surface area is 194 Å². The first-order chi connectivity index (χ1) is 15.8. The molecular weight excluding hydrogens is 497 g/mol. The highest BCUT2D eigenvalue weighted by molar-refractivity contribution is 6.34. The molecule has 3 rings (SSSR count). The van der Waals surface area contributed by atoms with Crippen LogP contribution >= 0.6 is 11.6 Å². The lowest BCUT2D eigenvalue weighted by Gasteiger charge is -2.23. The van der Waals surface area contributed by atoms with Gasteiger partial charge in [-0.25, -0.2) is 4.39 Å². The molecule has 0 aromatic heterocycles. The molecular formula is C21H18ClF7N2O3. The van der Waals surface area contributed by atoms with Crippen LogP contribution in [-0.4, -0.2) is 38.1 Å². The second-order valence-corrected chi connectivity index (χ2v) is 7.78. The number of amides is 1. The molecule has 2 aromatic carbocycles. The Hall–Kier alpha value is -2.73. The highest BCUT2D eigenvalue weighted by Crippen LogP contribution is 2.34. The number of nitrogens with one attached hydrogen (secondary N) is 1. The highest BCUT2D eigenvalue weighted by atomic mass is 35.5. The summed E-state index contributed by atoms with van der Waals surface area (Å²) >= 11 is 6.01. The van der Waals surface area contributed by atoms with Gasteiger partial charge in [0, 0.05) is 18.8 Å². The maximum absolute atomic E-state index is 14.5. The molecule has 5 nitrogen and oxygen atoms in total. The van der Waals surface area contributed by atoms with Gasteiger partial charge in [0.05, 0.1) is 23.4 Å². The fourth-order valence-corrected chi connectivity index (χ4v) is 3.66. The zero-order valence-electron chi connectivity index (χ0n) is 17.3. The molecule has 1 aliphatic rings. The van der Waals surface area contributed by atoms with Crippen molar-refractivity contribution in [1.29, 1.82) is 0 Å². The van der Waals surface area contributed by atoms with Gasteiger partial charge in [-0.1, -0.05) is 23.7 Å². The van der Waals surface area contributed by atoms with Crippen LogP contribution in [0.25, 0.3) is 0 Å². The smallest absolute Gasteiger partial charge is 0.406 e. The van der Waals surface area contributed by atoms with Gasteiger partial charge in [0.1, 0.15) is 18.0 Å². The average molecular weight is 515 g/mol. The predicted molar refractivity (Wildman–Crippen MR) is 109 cm³/mol. The Kier molecular flexibility index (Phi) is 7.81. The van der Waals surface area contributed by atoms with Crippen molar-refractivity contribution < 1.29 is 45.0 Å². The number of rotatable bonds is 5. The van der Waals surface area contributed by atoms with Crippen LogP contribution in [-0.2, 0) is 9.53 Å². The molecule has 0 aliphatic carbocycles. The van der Waals surface area contributed by atoms with Gasteiger partial charge in [0.25, 0.3) is 0 Å². The minimum absolute atomic E-state index is 0.203. The standard InChI is InChI=1S/C21H18ClF7N2O3/c22-15-9-13(10-16(23)19(15)30-18(32)11-20(24,25)26)31-6-5-17(33-8-7-31)12-1-3-14(4-2-12)34-21(27,28)29/h1-4,9-10,17H,5-8,11H2,(H,30,32)/t17-/m1/s1. The summed E-state index contributed by atoms with van der Waals surface area (Å²) in [5, 5.41) is 1.56. The van der Waals surface area contributed by atoms with Crippen LogP contribution in [0.15, 0.2) is 36.4 Å². The zero-order valence-corrected chi connectivity index (χ0v) is 18.0. The Balaban J connectivity index is 1.66. The topological polar surface area (TPSA) is 50.8 Å². The van der Waals surface area contributed by atoms with Crippen molar-refractivity contribution in [1.82, 2.24) is 0 Å². The number of ether oxygens (including phenoxy) is 2. The van der Waals surface area contributed by atoms with Gasteiger partial charge in [-0.15, -0.1) is 13.2 Å². The van der Waals surface area contributed by atoms with Crippen LogP contribution in [0.1, 0.15) is 24.5 Å². The van der Waals surface area contributed by atoms with Crippen molar-refractivity contribution in [2.24, 2.45) is 0 Å². The number of halogens is 8. The Morgan fingerprint density at radius 1 is 1.12 bits per heavy atom. The molecule has 2 aromatic rings. The SMILES string of the molecule is O=C(CC(F)(F)F)Nc1c(F)cc(N2CCO[C@@H](c3ccc(OC(F)(F)F)cc3)CC2)cc1Cl. The molecule has 1 amide bonds. The largest absolute Gasteiger partial charge is 0.573 e. The van der Waals surface area contributed by atoms with E-state index >= 15 is 0 Å². The lowest BCUT2D eigenvalue weighted by atomic mass is 10.1. The molecule has 1 atom stereocenters. The van der Waals surface area contributed by atoms with Gasteiger partial charge in [-0.3, -0.25) is 4.79 Å². The number of anilines is 2. The summed E-state index contributed by atoms with van der Waals surface area (Å²) in [6, 6.07) is 7.62. The van der Waals surface area contributed by atoms with E-state index in [9.17, 15) is 35.5 Å². The normalized spacial score (nSPS) is 17.3. The second-order valence-electron chi connectivity index (χ2n) is 7.38. The molecule has 0 spiro atoms. The van der Waals surface area contributed by atoms with Crippen LogP contribution in [0, 0.1) is 5.82 Å². The third-order valence-electron chi connectivity index (χ3n) is 4.84. The molecule has 1 aliphatic heterocycles. The van der Waals surface area contributed by atoms with Crippen molar-refractivity contribution in [2.45, 2.75) is 31.5 Å². The lowest BCUT2D eigenvalue weighted by Crippen LogP contribution is -2.26. The first-order valence-corrected chi connectivity index (χ1v) is 10.3. The van der Waals surface area contributed by atoms with Crippen molar-refractivity contribution in [2.75, 3.05) is 29.9 Å². The quantitative estimate of drug-likeness (QED) is 0.480. The fourth-order valence-electron chi connectivity index (χ4n) is 3.41. The number of nitrogens with zero attached hydrogens (tertiary/aromatic N) is 1. The van der Waals surface area contributed by atoms with Gasteiger partial charge in [-0.2, -0.15) is 13.2 Å². The summed E-state index contributed by atoms with van der Waals surface area (Å²) in [5.41, 5.74) is 0.405. The van der Waals surface area contributed by atoms with Gasteiger partial charge < -0.3 is 19.7 Å².